The van der Waals surface area contributed by atoms with Gasteiger partial charge in [0.05, 0.1) is 11.4 Å². The number of thiocarbonyl (C=S) groups is 1. The van der Waals surface area contributed by atoms with Gasteiger partial charge in [-0.1, -0.05) is 28.1 Å². The standard InChI is InChI=1S/C10H11BrN2O2S2/c11-7-2-3-8(10(12)16)9(6-7)13-4-1-5-17(13,14)15/h2-3,6H,1,4-5H2,(H2,12,16). The Morgan fingerprint density at radius 3 is 2.71 bits per heavy atom. The van der Waals surface area contributed by atoms with Crippen LogP contribution in [0.3, 0.4) is 0 Å². The molecular weight excluding hydrogens is 324 g/mol. The number of hydrogen-bond acceptors (Lipinski definition) is 3. The third-order valence-electron chi connectivity index (χ3n) is 2.59. The minimum Gasteiger partial charge on any atom is -0.389 e. The SMILES string of the molecule is NC(=S)c1ccc(Br)cc1N1CCCS1(=O)=O. The highest BCUT2D eigenvalue weighted by molar-refractivity contribution is 9.10. The lowest BCUT2D eigenvalue weighted by Crippen LogP contribution is -2.27. The van der Waals surface area contributed by atoms with E-state index in [9.17, 15) is 8.42 Å². The van der Waals surface area contributed by atoms with E-state index in [1.54, 1.807) is 18.2 Å². The van der Waals surface area contributed by atoms with Gasteiger partial charge in [-0.25, -0.2) is 8.42 Å². The minimum absolute atomic E-state index is 0.177. The van der Waals surface area contributed by atoms with Crippen LogP contribution in [0, 0.1) is 0 Å². The van der Waals surface area contributed by atoms with Crippen molar-refractivity contribution in [2.45, 2.75) is 6.42 Å². The third kappa shape index (κ3) is 2.46. The van der Waals surface area contributed by atoms with Gasteiger partial charge in [0.1, 0.15) is 4.99 Å². The summed E-state index contributed by atoms with van der Waals surface area (Å²) in [4.78, 5) is 0.203. The summed E-state index contributed by atoms with van der Waals surface area (Å²) in [5.74, 6) is 0.177. The first-order chi connectivity index (χ1) is 7.92. The predicted molar refractivity (Wildman–Crippen MR) is 75.8 cm³/mol. The van der Waals surface area contributed by atoms with E-state index in [1.165, 1.54) is 4.31 Å². The van der Waals surface area contributed by atoms with Crippen LogP contribution < -0.4 is 10.0 Å². The number of nitrogens with two attached hydrogens (primary N) is 1. The first-order valence-corrected chi connectivity index (χ1v) is 7.82. The van der Waals surface area contributed by atoms with Gasteiger partial charge < -0.3 is 5.73 Å². The highest BCUT2D eigenvalue weighted by atomic mass is 79.9. The van der Waals surface area contributed by atoms with Gasteiger partial charge >= 0.3 is 0 Å². The van der Waals surface area contributed by atoms with E-state index < -0.39 is 10.0 Å². The second-order valence-electron chi connectivity index (χ2n) is 3.77. The molecule has 0 bridgehead atoms. The fourth-order valence-electron chi connectivity index (χ4n) is 1.83. The fraction of sp³-hybridized carbons (Fsp3) is 0.300. The molecular formula is C10H11BrN2O2S2. The molecule has 0 saturated carbocycles. The van der Waals surface area contributed by atoms with Crippen LogP contribution in [0.2, 0.25) is 0 Å². The molecule has 0 spiro atoms. The lowest BCUT2D eigenvalue weighted by molar-refractivity contribution is 0.599. The summed E-state index contributed by atoms with van der Waals surface area (Å²) < 4.78 is 25.9. The van der Waals surface area contributed by atoms with Crippen molar-refractivity contribution in [3.05, 3.63) is 28.2 Å². The third-order valence-corrected chi connectivity index (χ3v) is 5.16. The lowest BCUT2D eigenvalue weighted by Gasteiger charge is -2.20. The number of sulfonamides is 1. The van der Waals surface area contributed by atoms with Crippen molar-refractivity contribution in [1.82, 2.24) is 0 Å². The molecule has 0 aliphatic carbocycles. The largest absolute Gasteiger partial charge is 0.389 e. The van der Waals surface area contributed by atoms with Crippen LogP contribution >= 0.6 is 28.1 Å². The van der Waals surface area contributed by atoms with E-state index in [0.29, 0.717) is 24.2 Å². The Morgan fingerprint density at radius 2 is 2.18 bits per heavy atom. The van der Waals surface area contributed by atoms with Gasteiger partial charge in [0.25, 0.3) is 0 Å². The normalized spacial score (nSPS) is 18.3. The van der Waals surface area contributed by atoms with Gasteiger partial charge in [0, 0.05) is 16.6 Å². The molecule has 1 aromatic rings. The molecule has 0 aromatic heterocycles. The Morgan fingerprint density at radius 1 is 1.47 bits per heavy atom. The van der Waals surface area contributed by atoms with Gasteiger partial charge in [-0.05, 0) is 24.6 Å². The van der Waals surface area contributed by atoms with Crippen LogP contribution in [0.25, 0.3) is 0 Å². The van der Waals surface area contributed by atoms with E-state index in [4.69, 9.17) is 18.0 Å². The molecule has 92 valence electrons. The van der Waals surface area contributed by atoms with Crippen molar-refractivity contribution < 1.29 is 8.42 Å². The van der Waals surface area contributed by atoms with E-state index >= 15 is 0 Å². The molecule has 0 amide bonds. The second-order valence-corrected chi connectivity index (χ2v) is 7.14. The van der Waals surface area contributed by atoms with Crippen molar-refractivity contribution in [3.8, 4) is 0 Å². The monoisotopic (exact) mass is 334 g/mol. The Labute approximate surface area is 114 Å². The Bertz CT molecular complexity index is 572. The predicted octanol–water partition coefficient (Wildman–Crippen LogP) is 1.62. The average Bonchev–Trinajstić information content (AvgIpc) is 2.57. The quantitative estimate of drug-likeness (QED) is 0.835. The summed E-state index contributed by atoms with van der Waals surface area (Å²) >= 11 is 8.27. The van der Waals surface area contributed by atoms with Gasteiger partial charge in [0.2, 0.25) is 10.0 Å². The van der Waals surface area contributed by atoms with E-state index in [1.807, 2.05) is 0 Å². The molecule has 1 aliphatic heterocycles. The maximum Gasteiger partial charge on any atom is 0.235 e. The topological polar surface area (TPSA) is 63.4 Å². The molecule has 1 aliphatic rings. The molecule has 1 fully saturated rings. The van der Waals surface area contributed by atoms with Crippen molar-refractivity contribution in [2.24, 2.45) is 5.73 Å². The van der Waals surface area contributed by atoms with Crippen molar-refractivity contribution in [2.75, 3.05) is 16.6 Å². The summed E-state index contributed by atoms with van der Waals surface area (Å²) in [6.07, 6.45) is 0.631. The summed E-state index contributed by atoms with van der Waals surface area (Å²) in [6, 6.07) is 5.26. The van der Waals surface area contributed by atoms with Crippen LogP contribution in [0.5, 0.6) is 0 Å². The zero-order chi connectivity index (χ0) is 12.6. The number of benzene rings is 1. The van der Waals surface area contributed by atoms with Crippen LogP contribution in [0.4, 0.5) is 5.69 Å². The molecule has 0 atom stereocenters. The van der Waals surface area contributed by atoms with E-state index in [2.05, 4.69) is 15.9 Å². The maximum absolute atomic E-state index is 11.9. The highest BCUT2D eigenvalue weighted by Gasteiger charge is 2.30. The zero-order valence-corrected chi connectivity index (χ0v) is 12.1. The van der Waals surface area contributed by atoms with Crippen LogP contribution in [0.1, 0.15) is 12.0 Å². The Hall–Kier alpha value is -0.660. The number of hydrogen-bond donors (Lipinski definition) is 1. The number of anilines is 1. The molecule has 2 rings (SSSR count). The summed E-state index contributed by atoms with van der Waals surface area (Å²) in [5.41, 5.74) is 6.77. The average molecular weight is 335 g/mol. The van der Waals surface area contributed by atoms with E-state index in [-0.39, 0.29) is 10.7 Å². The van der Waals surface area contributed by atoms with Crippen molar-refractivity contribution in [3.63, 3.8) is 0 Å². The number of halogens is 1. The second kappa shape index (κ2) is 4.55. The smallest absolute Gasteiger partial charge is 0.235 e. The molecule has 1 saturated heterocycles. The summed E-state index contributed by atoms with van der Waals surface area (Å²) in [5, 5.41) is 0. The van der Waals surface area contributed by atoms with Crippen molar-refractivity contribution >= 4 is 48.8 Å². The van der Waals surface area contributed by atoms with Gasteiger partial charge in [-0.15, -0.1) is 0 Å². The summed E-state index contributed by atoms with van der Waals surface area (Å²) in [7, 11) is -3.22. The van der Waals surface area contributed by atoms with Crippen LogP contribution in [-0.4, -0.2) is 25.7 Å². The lowest BCUT2D eigenvalue weighted by atomic mass is 10.2. The summed E-state index contributed by atoms with van der Waals surface area (Å²) in [6.45, 7) is 0.481. The zero-order valence-electron chi connectivity index (χ0n) is 8.89. The minimum atomic E-state index is -3.22. The maximum atomic E-state index is 11.9. The first-order valence-electron chi connectivity index (χ1n) is 5.01. The number of nitrogens with zero attached hydrogens (tertiary/aromatic N) is 1. The van der Waals surface area contributed by atoms with Crippen LogP contribution in [-0.2, 0) is 10.0 Å². The Balaban J connectivity index is 2.58. The van der Waals surface area contributed by atoms with Crippen LogP contribution in [0.15, 0.2) is 22.7 Å². The highest BCUT2D eigenvalue weighted by Crippen LogP contribution is 2.30. The molecule has 7 heteroatoms. The van der Waals surface area contributed by atoms with Gasteiger partial charge in [0.15, 0.2) is 0 Å². The first kappa shape index (κ1) is 12.8. The molecule has 1 heterocycles. The molecule has 1 aromatic carbocycles. The van der Waals surface area contributed by atoms with Crippen molar-refractivity contribution in [1.29, 1.82) is 0 Å². The molecule has 2 N–H and O–H groups in total. The molecule has 17 heavy (non-hydrogen) atoms. The Kier molecular flexibility index (Phi) is 3.42. The fourth-order valence-corrected chi connectivity index (χ4v) is 3.92. The van der Waals surface area contributed by atoms with Gasteiger partial charge in [-0.3, -0.25) is 4.31 Å². The van der Waals surface area contributed by atoms with Gasteiger partial charge in [-0.2, -0.15) is 0 Å². The molecule has 0 radical (unpaired) electrons. The van der Waals surface area contributed by atoms with E-state index in [0.717, 1.165) is 4.47 Å². The number of rotatable bonds is 2. The molecule has 0 unspecified atom stereocenters. The molecule has 4 nitrogen and oxygen atoms in total.